The molecule has 0 bridgehead atoms. The van der Waals surface area contributed by atoms with Crippen LogP contribution in [0.15, 0.2) is 22.7 Å². The molecule has 96 valence electrons. The molecule has 0 radical (unpaired) electrons. The number of nitro groups is 1. The second kappa shape index (κ2) is 5.06. The van der Waals surface area contributed by atoms with Gasteiger partial charge in [-0.25, -0.2) is 0 Å². The van der Waals surface area contributed by atoms with Gasteiger partial charge in [0.2, 0.25) is 0 Å². The van der Waals surface area contributed by atoms with Crippen LogP contribution in [-0.4, -0.2) is 23.8 Å². The molecule has 1 unspecified atom stereocenters. The fraction of sp³-hybridized carbons (Fsp3) is 0.417. The highest BCUT2D eigenvalue weighted by atomic mass is 79.9. The highest BCUT2D eigenvalue weighted by Crippen LogP contribution is 2.33. The first kappa shape index (κ1) is 13.0. The molecule has 1 heterocycles. The van der Waals surface area contributed by atoms with Crippen molar-refractivity contribution in [2.75, 3.05) is 18.0 Å². The smallest absolute Gasteiger partial charge is 0.293 e. The molecule has 0 amide bonds. The van der Waals surface area contributed by atoms with Gasteiger partial charge in [0.15, 0.2) is 0 Å². The lowest BCUT2D eigenvalue weighted by molar-refractivity contribution is -0.384. The van der Waals surface area contributed by atoms with E-state index in [1.54, 1.807) is 12.1 Å². The van der Waals surface area contributed by atoms with Crippen LogP contribution in [0.25, 0.3) is 0 Å². The normalized spacial score (nSPS) is 20.0. The molecular weight excluding hydrogens is 300 g/mol. The number of nitrogens with zero attached hydrogens (tertiary/aromatic N) is 2. The molecule has 5 nitrogen and oxygen atoms in total. The Kier molecular flexibility index (Phi) is 3.65. The van der Waals surface area contributed by atoms with Crippen molar-refractivity contribution in [3.05, 3.63) is 32.8 Å². The van der Waals surface area contributed by atoms with E-state index in [9.17, 15) is 14.9 Å². The average molecular weight is 313 g/mol. The maximum Gasteiger partial charge on any atom is 0.293 e. The second-order valence-electron chi connectivity index (χ2n) is 4.45. The van der Waals surface area contributed by atoms with E-state index in [-0.39, 0.29) is 22.3 Å². The molecule has 1 aliphatic heterocycles. The summed E-state index contributed by atoms with van der Waals surface area (Å²) in [6.07, 6.45) is 0.453. The Labute approximate surface area is 113 Å². The second-order valence-corrected chi connectivity index (χ2v) is 5.37. The zero-order chi connectivity index (χ0) is 13.3. The van der Waals surface area contributed by atoms with E-state index >= 15 is 0 Å². The Morgan fingerprint density at radius 2 is 2.22 bits per heavy atom. The van der Waals surface area contributed by atoms with Gasteiger partial charge in [-0.15, -0.1) is 0 Å². The van der Waals surface area contributed by atoms with Gasteiger partial charge < -0.3 is 4.90 Å². The van der Waals surface area contributed by atoms with Crippen LogP contribution in [0.4, 0.5) is 11.4 Å². The summed E-state index contributed by atoms with van der Waals surface area (Å²) in [5, 5.41) is 11.1. The number of Topliss-reactive ketones (excluding diaryl/α,β-unsaturated/α-hetero) is 1. The molecule has 0 N–H and O–H groups in total. The minimum absolute atomic E-state index is 0.0676. The standard InChI is InChI=1S/C12H13BrN2O3/c1-8-7-14(5-4-12(8)16)10-3-2-9(13)6-11(10)15(17)18/h2-3,6,8H,4-5,7H2,1H3. The van der Waals surface area contributed by atoms with Crippen molar-refractivity contribution >= 4 is 33.1 Å². The third kappa shape index (κ3) is 2.53. The number of anilines is 1. The molecule has 0 aromatic heterocycles. The highest BCUT2D eigenvalue weighted by Gasteiger charge is 2.27. The minimum Gasteiger partial charge on any atom is -0.365 e. The first-order valence-corrected chi connectivity index (χ1v) is 6.50. The minimum atomic E-state index is -0.388. The summed E-state index contributed by atoms with van der Waals surface area (Å²) in [6, 6.07) is 5.00. The Morgan fingerprint density at radius 3 is 2.83 bits per heavy atom. The van der Waals surface area contributed by atoms with Crippen LogP contribution in [-0.2, 0) is 4.79 Å². The number of carbonyl (C=O) groups is 1. The third-order valence-electron chi connectivity index (χ3n) is 3.15. The Balaban J connectivity index is 2.33. The molecule has 1 saturated heterocycles. The van der Waals surface area contributed by atoms with Crippen molar-refractivity contribution in [2.24, 2.45) is 5.92 Å². The van der Waals surface area contributed by atoms with Gasteiger partial charge in [-0.05, 0) is 12.1 Å². The predicted octanol–water partition coefficient (Wildman–Crippen LogP) is 2.77. The Bertz CT molecular complexity index is 504. The molecule has 0 saturated carbocycles. The predicted molar refractivity (Wildman–Crippen MR) is 71.8 cm³/mol. The average Bonchev–Trinajstić information content (AvgIpc) is 2.32. The summed E-state index contributed by atoms with van der Waals surface area (Å²) in [4.78, 5) is 24.1. The number of carbonyl (C=O) groups excluding carboxylic acids is 1. The number of ketones is 1. The van der Waals surface area contributed by atoms with Gasteiger partial charge in [0, 0.05) is 36.0 Å². The van der Waals surface area contributed by atoms with E-state index in [0.717, 1.165) is 0 Å². The van der Waals surface area contributed by atoms with Crippen molar-refractivity contribution in [1.29, 1.82) is 0 Å². The number of hydrogen-bond acceptors (Lipinski definition) is 4. The van der Waals surface area contributed by atoms with Crippen molar-refractivity contribution in [3.8, 4) is 0 Å². The van der Waals surface area contributed by atoms with Crippen molar-refractivity contribution in [2.45, 2.75) is 13.3 Å². The summed E-state index contributed by atoms with van der Waals surface area (Å²) in [6.45, 7) is 2.95. The summed E-state index contributed by atoms with van der Waals surface area (Å²) in [5.74, 6) is 0.160. The highest BCUT2D eigenvalue weighted by molar-refractivity contribution is 9.10. The van der Waals surface area contributed by atoms with Gasteiger partial charge in [-0.1, -0.05) is 22.9 Å². The SMILES string of the molecule is CC1CN(c2ccc(Br)cc2[N+](=O)[O-])CCC1=O. The van der Waals surface area contributed by atoms with Crippen LogP contribution < -0.4 is 4.90 Å². The van der Waals surface area contributed by atoms with Gasteiger partial charge in [-0.2, -0.15) is 0 Å². The van der Waals surface area contributed by atoms with Crippen LogP contribution in [0.5, 0.6) is 0 Å². The van der Waals surface area contributed by atoms with E-state index in [4.69, 9.17) is 0 Å². The molecule has 18 heavy (non-hydrogen) atoms. The number of hydrogen-bond donors (Lipinski definition) is 0. The zero-order valence-electron chi connectivity index (χ0n) is 9.93. The molecule has 2 rings (SSSR count). The monoisotopic (exact) mass is 312 g/mol. The van der Waals surface area contributed by atoms with E-state index < -0.39 is 0 Å². The van der Waals surface area contributed by atoms with Crippen LogP contribution in [0.2, 0.25) is 0 Å². The van der Waals surface area contributed by atoms with Crippen LogP contribution in [0.1, 0.15) is 13.3 Å². The van der Waals surface area contributed by atoms with Crippen LogP contribution in [0, 0.1) is 16.0 Å². The van der Waals surface area contributed by atoms with E-state index in [0.29, 0.717) is 29.7 Å². The van der Waals surface area contributed by atoms with Crippen molar-refractivity contribution < 1.29 is 9.72 Å². The number of halogens is 1. The van der Waals surface area contributed by atoms with E-state index in [2.05, 4.69) is 15.9 Å². The lowest BCUT2D eigenvalue weighted by Gasteiger charge is -2.31. The number of rotatable bonds is 2. The van der Waals surface area contributed by atoms with Gasteiger partial charge >= 0.3 is 0 Å². The van der Waals surface area contributed by atoms with Crippen molar-refractivity contribution in [3.63, 3.8) is 0 Å². The quantitative estimate of drug-likeness (QED) is 0.622. The number of nitro benzene ring substituents is 1. The number of benzene rings is 1. The third-order valence-corrected chi connectivity index (χ3v) is 3.64. The molecule has 0 spiro atoms. The summed E-state index contributed by atoms with van der Waals surface area (Å²) in [5.41, 5.74) is 0.661. The molecule has 1 fully saturated rings. The first-order valence-electron chi connectivity index (χ1n) is 5.70. The van der Waals surface area contributed by atoms with Gasteiger partial charge in [0.05, 0.1) is 4.92 Å². The fourth-order valence-electron chi connectivity index (χ4n) is 2.14. The summed E-state index contributed by atoms with van der Waals surface area (Å²) >= 11 is 3.23. The maximum atomic E-state index is 11.5. The van der Waals surface area contributed by atoms with Crippen molar-refractivity contribution in [1.82, 2.24) is 0 Å². The lowest BCUT2D eigenvalue weighted by Crippen LogP contribution is -2.39. The molecule has 1 atom stereocenters. The molecular formula is C12H13BrN2O3. The number of piperidine rings is 1. The van der Waals surface area contributed by atoms with Gasteiger partial charge in [0.25, 0.3) is 5.69 Å². The topological polar surface area (TPSA) is 63.4 Å². The van der Waals surface area contributed by atoms with Crippen LogP contribution >= 0.6 is 15.9 Å². The first-order chi connectivity index (χ1) is 8.49. The van der Waals surface area contributed by atoms with Gasteiger partial charge in [0.1, 0.15) is 11.5 Å². The zero-order valence-corrected chi connectivity index (χ0v) is 11.5. The van der Waals surface area contributed by atoms with Crippen LogP contribution in [0.3, 0.4) is 0 Å². The molecule has 1 aliphatic rings. The lowest BCUT2D eigenvalue weighted by atomic mass is 9.98. The molecule has 1 aromatic rings. The largest absolute Gasteiger partial charge is 0.365 e. The fourth-order valence-corrected chi connectivity index (χ4v) is 2.49. The maximum absolute atomic E-state index is 11.5. The Morgan fingerprint density at radius 1 is 1.50 bits per heavy atom. The van der Waals surface area contributed by atoms with Gasteiger partial charge in [-0.3, -0.25) is 14.9 Å². The van der Waals surface area contributed by atoms with E-state index in [1.165, 1.54) is 6.07 Å². The Hall–Kier alpha value is -1.43. The summed E-state index contributed by atoms with van der Waals surface area (Å²) in [7, 11) is 0. The van der Waals surface area contributed by atoms with E-state index in [1.807, 2.05) is 11.8 Å². The molecule has 0 aliphatic carbocycles. The molecule has 1 aromatic carbocycles. The summed E-state index contributed by atoms with van der Waals surface area (Å²) < 4.78 is 0.680. The molecule has 6 heteroatoms.